The Balaban J connectivity index is 1.58. The lowest BCUT2D eigenvalue weighted by atomic mass is 10.0. The minimum Gasteiger partial charge on any atom is -0.496 e. The van der Waals surface area contributed by atoms with E-state index >= 15 is 0 Å². The third kappa shape index (κ3) is 5.62. The van der Waals surface area contributed by atoms with Gasteiger partial charge in [0.05, 0.1) is 26.3 Å². The molecule has 4 rings (SSSR count). The predicted octanol–water partition coefficient (Wildman–Crippen LogP) is 5.01. The molecule has 188 valence electrons. The first kappa shape index (κ1) is 25.1. The van der Waals surface area contributed by atoms with Gasteiger partial charge in [0.2, 0.25) is 0 Å². The smallest absolute Gasteiger partial charge is 0.335 e. The molecule has 0 spiro atoms. The number of carboxylic acids is 1. The minimum atomic E-state index is -1.01. The van der Waals surface area contributed by atoms with Crippen molar-refractivity contribution >= 4 is 11.9 Å². The van der Waals surface area contributed by atoms with Crippen LogP contribution < -0.4 is 14.2 Å². The number of likely N-dealkylation sites (tertiary alicyclic amines) is 1. The molecule has 1 N–H and O–H groups in total. The van der Waals surface area contributed by atoms with Crippen LogP contribution in [0.3, 0.4) is 0 Å². The summed E-state index contributed by atoms with van der Waals surface area (Å²) in [5.41, 5.74) is 2.70. The predicted molar refractivity (Wildman–Crippen MR) is 136 cm³/mol. The molecule has 0 aromatic heterocycles. The average Bonchev–Trinajstić information content (AvgIpc) is 3.30. The number of aryl methyl sites for hydroxylation is 1. The van der Waals surface area contributed by atoms with Gasteiger partial charge in [-0.05, 0) is 55.7 Å². The summed E-state index contributed by atoms with van der Waals surface area (Å²) in [5.74, 6) is 0.545. The van der Waals surface area contributed by atoms with Crippen molar-refractivity contribution in [1.29, 1.82) is 0 Å². The third-order valence-corrected chi connectivity index (χ3v) is 6.63. The molecule has 3 aromatic carbocycles. The largest absolute Gasteiger partial charge is 0.496 e. The number of ether oxygens (including phenoxy) is 3. The van der Waals surface area contributed by atoms with Crippen LogP contribution in [0.2, 0.25) is 0 Å². The fourth-order valence-electron chi connectivity index (χ4n) is 4.73. The monoisotopic (exact) mass is 489 g/mol. The molecular formula is C29H31NO6. The molecule has 7 nitrogen and oxygen atoms in total. The Morgan fingerprint density at radius 1 is 0.944 bits per heavy atom. The van der Waals surface area contributed by atoms with Crippen molar-refractivity contribution in [2.75, 3.05) is 20.8 Å². The molecule has 1 saturated heterocycles. The quantitative estimate of drug-likeness (QED) is 0.455. The Hall–Kier alpha value is -4.00. The topological polar surface area (TPSA) is 85.3 Å². The summed E-state index contributed by atoms with van der Waals surface area (Å²) in [5, 5.41) is 9.31. The van der Waals surface area contributed by atoms with Crippen LogP contribution in [0.5, 0.6) is 17.2 Å². The van der Waals surface area contributed by atoms with Crippen LogP contribution in [0, 0.1) is 6.92 Å². The van der Waals surface area contributed by atoms with E-state index in [-0.39, 0.29) is 23.6 Å². The van der Waals surface area contributed by atoms with Crippen molar-refractivity contribution in [1.82, 2.24) is 4.90 Å². The first-order valence-corrected chi connectivity index (χ1v) is 12.0. The Bertz CT molecular complexity index is 1200. The van der Waals surface area contributed by atoms with Crippen molar-refractivity contribution in [3.05, 3.63) is 89.0 Å². The van der Waals surface area contributed by atoms with E-state index in [2.05, 4.69) is 12.1 Å². The van der Waals surface area contributed by atoms with Gasteiger partial charge in [0, 0.05) is 23.6 Å². The molecule has 1 heterocycles. The van der Waals surface area contributed by atoms with Crippen molar-refractivity contribution in [2.45, 2.75) is 38.3 Å². The summed E-state index contributed by atoms with van der Waals surface area (Å²) in [4.78, 5) is 27.0. The summed E-state index contributed by atoms with van der Waals surface area (Å²) >= 11 is 0. The Labute approximate surface area is 211 Å². The Morgan fingerprint density at radius 2 is 1.64 bits per heavy atom. The normalized spacial score (nSPS) is 17.0. The fourth-order valence-corrected chi connectivity index (χ4v) is 4.73. The second kappa shape index (κ2) is 11.2. The summed E-state index contributed by atoms with van der Waals surface area (Å²) in [6.45, 7) is 2.29. The van der Waals surface area contributed by atoms with Crippen LogP contribution in [0.15, 0.2) is 66.7 Å². The van der Waals surface area contributed by atoms with Gasteiger partial charge in [-0.25, -0.2) is 4.79 Å². The second-order valence-electron chi connectivity index (χ2n) is 8.95. The fraction of sp³-hybridized carbons (Fsp3) is 0.310. The Kier molecular flexibility index (Phi) is 7.78. The van der Waals surface area contributed by atoms with Crippen molar-refractivity contribution in [3.8, 4) is 17.2 Å². The molecule has 1 fully saturated rings. The van der Waals surface area contributed by atoms with E-state index in [4.69, 9.17) is 14.2 Å². The molecule has 1 aliphatic heterocycles. The number of benzene rings is 3. The van der Waals surface area contributed by atoms with E-state index in [1.807, 2.05) is 30.0 Å². The van der Waals surface area contributed by atoms with Gasteiger partial charge in [-0.3, -0.25) is 4.79 Å². The molecule has 1 amide bonds. The molecule has 0 saturated carbocycles. The maximum atomic E-state index is 13.7. The van der Waals surface area contributed by atoms with Crippen molar-refractivity contribution in [2.24, 2.45) is 0 Å². The highest BCUT2D eigenvalue weighted by Crippen LogP contribution is 2.33. The van der Waals surface area contributed by atoms with E-state index in [1.165, 1.54) is 17.7 Å². The number of carboxylic acid groups (broad SMARTS) is 1. The molecule has 2 atom stereocenters. The molecule has 3 aromatic rings. The lowest BCUT2D eigenvalue weighted by Gasteiger charge is -2.25. The number of hydrogen-bond acceptors (Lipinski definition) is 5. The van der Waals surface area contributed by atoms with E-state index in [0.29, 0.717) is 35.8 Å². The van der Waals surface area contributed by atoms with Gasteiger partial charge in [-0.2, -0.15) is 0 Å². The molecule has 1 unspecified atom stereocenters. The summed E-state index contributed by atoms with van der Waals surface area (Å²) < 4.78 is 17.1. The highest BCUT2D eigenvalue weighted by atomic mass is 16.5. The van der Waals surface area contributed by atoms with Crippen LogP contribution >= 0.6 is 0 Å². The van der Waals surface area contributed by atoms with Gasteiger partial charge in [0.1, 0.15) is 23.4 Å². The zero-order valence-electron chi connectivity index (χ0n) is 20.8. The maximum absolute atomic E-state index is 13.7. The van der Waals surface area contributed by atoms with Crippen LogP contribution in [-0.4, -0.2) is 54.8 Å². The van der Waals surface area contributed by atoms with Crippen LogP contribution in [0.1, 0.15) is 44.7 Å². The van der Waals surface area contributed by atoms with Gasteiger partial charge in [0.15, 0.2) is 0 Å². The number of nitrogens with zero attached hydrogens (tertiary/aromatic N) is 1. The minimum absolute atomic E-state index is 0.0383. The standard InChI is InChI=1S/C29H31NO6/c1-19-26(34-2)15-22(16-27(19)35-3)28(31)30-18-25(36-24-11-7-10-21(14-24)29(32)33)17-23(30)13-12-20-8-5-4-6-9-20/h4-11,14-16,23,25H,12-13,17-18H2,1-3H3,(H,32,33)/t23?,25-/m1/s1. The molecule has 7 heteroatoms. The molecule has 0 radical (unpaired) electrons. The summed E-state index contributed by atoms with van der Waals surface area (Å²) in [7, 11) is 3.15. The second-order valence-corrected chi connectivity index (χ2v) is 8.95. The molecule has 36 heavy (non-hydrogen) atoms. The molecule has 0 aliphatic carbocycles. The lowest BCUT2D eigenvalue weighted by molar-refractivity contribution is 0.0694. The van der Waals surface area contributed by atoms with E-state index in [9.17, 15) is 14.7 Å². The van der Waals surface area contributed by atoms with Crippen LogP contribution in [0.25, 0.3) is 0 Å². The zero-order chi connectivity index (χ0) is 25.7. The number of carbonyl (C=O) groups is 2. The number of aromatic carboxylic acids is 1. The van der Waals surface area contributed by atoms with Gasteiger partial charge in [0.25, 0.3) is 5.91 Å². The number of amides is 1. The summed E-state index contributed by atoms with van der Waals surface area (Å²) in [6, 6.07) is 20.1. The van der Waals surface area contributed by atoms with Crippen LogP contribution in [-0.2, 0) is 6.42 Å². The van der Waals surface area contributed by atoms with Gasteiger partial charge in [-0.1, -0.05) is 36.4 Å². The van der Waals surface area contributed by atoms with Crippen LogP contribution in [0.4, 0.5) is 0 Å². The molecule has 1 aliphatic rings. The number of carbonyl (C=O) groups excluding carboxylic acids is 1. The van der Waals surface area contributed by atoms with E-state index < -0.39 is 5.97 Å². The number of methoxy groups -OCH3 is 2. The number of rotatable bonds is 9. The third-order valence-electron chi connectivity index (χ3n) is 6.63. The molecular weight excluding hydrogens is 458 g/mol. The van der Waals surface area contributed by atoms with E-state index in [0.717, 1.165) is 18.4 Å². The van der Waals surface area contributed by atoms with Crippen molar-refractivity contribution in [3.63, 3.8) is 0 Å². The Morgan fingerprint density at radius 3 is 2.28 bits per heavy atom. The average molecular weight is 490 g/mol. The van der Waals surface area contributed by atoms with E-state index in [1.54, 1.807) is 38.5 Å². The first-order chi connectivity index (χ1) is 17.4. The highest BCUT2D eigenvalue weighted by molar-refractivity contribution is 5.96. The highest BCUT2D eigenvalue weighted by Gasteiger charge is 2.37. The summed E-state index contributed by atoms with van der Waals surface area (Å²) in [6.07, 6.45) is 2.01. The molecule has 0 bridgehead atoms. The van der Waals surface area contributed by atoms with Gasteiger partial charge < -0.3 is 24.2 Å². The maximum Gasteiger partial charge on any atom is 0.335 e. The zero-order valence-corrected chi connectivity index (χ0v) is 20.8. The number of hydrogen-bond donors (Lipinski definition) is 1. The van der Waals surface area contributed by atoms with Gasteiger partial charge in [-0.15, -0.1) is 0 Å². The van der Waals surface area contributed by atoms with Gasteiger partial charge >= 0.3 is 5.97 Å². The van der Waals surface area contributed by atoms with Crippen molar-refractivity contribution < 1.29 is 28.9 Å². The SMILES string of the molecule is COc1cc(C(=O)N2C[C@H](Oc3cccc(C(=O)O)c3)CC2CCc2ccccc2)cc(OC)c1C. The lowest BCUT2D eigenvalue weighted by Crippen LogP contribution is -2.36. The first-order valence-electron chi connectivity index (χ1n) is 12.0.